The lowest BCUT2D eigenvalue weighted by atomic mass is 9.98. The van der Waals surface area contributed by atoms with E-state index in [0.717, 1.165) is 31.1 Å². The second-order valence-electron chi connectivity index (χ2n) is 5.74. The van der Waals surface area contributed by atoms with Crippen LogP contribution in [0.4, 0.5) is 5.69 Å². The molecule has 0 aliphatic carbocycles. The number of nitrogens with zero attached hydrogens (tertiary/aromatic N) is 1. The van der Waals surface area contributed by atoms with Crippen molar-refractivity contribution in [3.8, 4) is 5.75 Å². The number of hydrogen-bond acceptors (Lipinski definition) is 4. The first-order valence-electron chi connectivity index (χ1n) is 7.57. The Hall–Kier alpha value is -0.970. The molecule has 0 spiro atoms. The fourth-order valence-electron chi connectivity index (χ4n) is 2.46. The molecule has 1 unspecified atom stereocenters. The summed E-state index contributed by atoms with van der Waals surface area (Å²) in [5.74, 6) is 1.70. The molecular weight excluding hydrogens is 288 g/mol. The molecule has 0 saturated carbocycles. The van der Waals surface area contributed by atoms with E-state index < -0.39 is 6.10 Å². The molecule has 2 rings (SSSR count). The van der Waals surface area contributed by atoms with Gasteiger partial charge in [0, 0.05) is 6.54 Å². The minimum Gasteiger partial charge on any atom is -0.491 e. The zero-order valence-electron chi connectivity index (χ0n) is 12.6. The first-order valence-corrected chi connectivity index (χ1v) is 8.10. The molecule has 0 radical (unpaired) electrons. The van der Waals surface area contributed by atoms with Gasteiger partial charge in [0.05, 0.1) is 24.3 Å². The highest BCUT2D eigenvalue weighted by atomic mass is 35.5. The third-order valence-corrected chi connectivity index (χ3v) is 4.26. The standard InChI is InChI=1S/C16H25ClN2O2/c1-19-8-6-13(7-9-19)12-21-16-5-3-2-4-15(16)18-11-14(20)10-17/h2-5,13-14,18,20H,6-12H2,1H3. The summed E-state index contributed by atoms with van der Waals surface area (Å²) in [7, 11) is 2.17. The molecule has 1 heterocycles. The van der Waals surface area contributed by atoms with E-state index >= 15 is 0 Å². The number of anilines is 1. The van der Waals surface area contributed by atoms with E-state index in [-0.39, 0.29) is 5.88 Å². The van der Waals surface area contributed by atoms with Crippen LogP contribution in [0.2, 0.25) is 0 Å². The van der Waals surface area contributed by atoms with Crippen LogP contribution < -0.4 is 10.1 Å². The predicted molar refractivity (Wildman–Crippen MR) is 87.4 cm³/mol. The molecule has 1 saturated heterocycles. The number of ether oxygens (including phenoxy) is 1. The summed E-state index contributed by atoms with van der Waals surface area (Å²) in [6, 6.07) is 7.85. The van der Waals surface area contributed by atoms with Crippen molar-refractivity contribution in [1.29, 1.82) is 0 Å². The van der Waals surface area contributed by atoms with Gasteiger partial charge in [-0.2, -0.15) is 0 Å². The predicted octanol–water partition coefficient (Wildman–Crippen LogP) is 2.42. The number of piperidine rings is 1. The summed E-state index contributed by atoms with van der Waals surface area (Å²) in [5, 5.41) is 12.7. The van der Waals surface area contributed by atoms with Crippen molar-refractivity contribution in [2.24, 2.45) is 5.92 Å². The summed E-state index contributed by atoms with van der Waals surface area (Å²) in [5.41, 5.74) is 0.912. The highest BCUT2D eigenvalue weighted by Gasteiger charge is 2.17. The molecule has 1 aliphatic rings. The van der Waals surface area contributed by atoms with E-state index in [1.54, 1.807) is 0 Å². The third kappa shape index (κ3) is 5.38. The SMILES string of the molecule is CN1CCC(COc2ccccc2NCC(O)CCl)CC1. The number of halogens is 1. The van der Waals surface area contributed by atoms with Gasteiger partial charge in [-0.1, -0.05) is 12.1 Å². The molecule has 1 fully saturated rings. The summed E-state index contributed by atoms with van der Waals surface area (Å²) in [6.07, 6.45) is 1.84. The molecule has 1 aromatic rings. The van der Waals surface area contributed by atoms with Gasteiger partial charge in [-0.05, 0) is 51.0 Å². The summed E-state index contributed by atoms with van der Waals surface area (Å²) in [6.45, 7) is 3.48. The van der Waals surface area contributed by atoms with Crippen LogP contribution in [0.1, 0.15) is 12.8 Å². The van der Waals surface area contributed by atoms with E-state index in [4.69, 9.17) is 16.3 Å². The number of hydrogen-bond donors (Lipinski definition) is 2. The van der Waals surface area contributed by atoms with Crippen LogP contribution >= 0.6 is 11.6 Å². The van der Waals surface area contributed by atoms with Crippen LogP contribution in [0.3, 0.4) is 0 Å². The molecule has 0 aromatic heterocycles. The smallest absolute Gasteiger partial charge is 0.142 e. The van der Waals surface area contributed by atoms with Gasteiger partial charge in [0.1, 0.15) is 5.75 Å². The van der Waals surface area contributed by atoms with Crippen molar-refractivity contribution in [3.05, 3.63) is 24.3 Å². The van der Waals surface area contributed by atoms with Crippen molar-refractivity contribution in [2.75, 3.05) is 44.5 Å². The molecule has 1 aliphatic heterocycles. The number of aliphatic hydroxyl groups is 1. The quantitative estimate of drug-likeness (QED) is 0.759. The third-order valence-electron chi connectivity index (χ3n) is 3.91. The molecule has 0 bridgehead atoms. The topological polar surface area (TPSA) is 44.7 Å². The van der Waals surface area contributed by atoms with Gasteiger partial charge >= 0.3 is 0 Å². The molecule has 21 heavy (non-hydrogen) atoms. The highest BCUT2D eigenvalue weighted by molar-refractivity contribution is 6.18. The van der Waals surface area contributed by atoms with Gasteiger partial charge in [-0.25, -0.2) is 0 Å². The van der Waals surface area contributed by atoms with Crippen LogP contribution in [-0.4, -0.2) is 55.3 Å². The van der Waals surface area contributed by atoms with Gasteiger partial charge in [0.25, 0.3) is 0 Å². The molecule has 1 aromatic carbocycles. The lowest BCUT2D eigenvalue weighted by Crippen LogP contribution is -2.32. The molecule has 2 N–H and O–H groups in total. The average molecular weight is 313 g/mol. The van der Waals surface area contributed by atoms with E-state index in [0.29, 0.717) is 12.5 Å². The number of alkyl halides is 1. The van der Waals surface area contributed by atoms with Crippen molar-refractivity contribution in [1.82, 2.24) is 4.90 Å². The minimum absolute atomic E-state index is 0.228. The zero-order valence-corrected chi connectivity index (χ0v) is 13.4. The Morgan fingerprint density at radius 3 is 2.81 bits per heavy atom. The molecule has 118 valence electrons. The Balaban J connectivity index is 1.84. The maximum Gasteiger partial charge on any atom is 0.142 e. The van der Waals surface area contributed by atoms with E-state index in [1.165, 1.54) is 12.8 Å². The van der Waals surface area contributed by atoms with E-state index in [9.17, 15) is 5.11 Å². The number of aliphatic hydroxyl groups excluding tert-OH is 1. The first-order chi connectivity index (χ1) is 10.2. The lowest BCUT2D eigenvalue weighted by Gasteiger charge is -2.29. The summed E-state index contributed by atoms with van der Waals surface area (Å²) in [4.78, 5) is 2.36. The average Bonchev–Trinajstić information content (AvgIpc) is 2.52. The summed E-state index contributed by atoms with van der Waals surface area (Å²) < 4.78 is 5.98. The number of rotatable bonds is 7. The maximum atomic E-state index is 9.53. The Labute approximate surface area is 132 Å². The van der Waals surface area contributed by atoms with Crippen LogP contribution in [0.15, 0.2) is 24.3 Å². The molecule has 0 amide bonds. The van der Waals surface area contributed by atoms with Crippen LogP contribution in [-0.2, 0) is 0 Å². The maximum absolute atomic E-state index is 9.53. The largest absolute Gasteiger partial charge is 0.491 e. The Morgan fingerprint density at radius 2 is 2.10 bits per heavy atom. The second-order valence-corrected chi connectivity index (χ2v) is 6.05. The normalized spacial score (nSPS) is 18.4. The zero-order chi connectivity index (χ0) is 15.1. The molecule has 1 atom stereocenters. The Bertz CT molecular complexity index is 422. The minimum atomic E-state index is -0.548. The van der Waals surface area contributed by atoms with Gasteiger partial charge < -0.3 is 20.1 Å². The highest BCUT2D eigenvalue weighted by Crippen LogP contribution is 2.25. The van der Waals surface area contributed by atoms with E-state index in [1.807, 2.05) is 24.3 Å². The fourth-order valence-corrected chi connectivity index (χ4v) is 2.57. The van der Waals surface area contributed by atoms with Crippen molar-refractivity contribution in [2.45, 2.75) is 18.9 Å². The van der Waals surface area contributed by atoms with Crippen molar-refractivity contribution < 1.29 is 9.84 Å². The van der Waals surface area contributed by atoms with Gasteiger partial charge in [-0.3, -0.25) is 0 Å². The van der Waals surface area contributed by atoms with Crippen LogP contribution in [0.5, 0.6) is 5.75 Å². The molecular formula is C16H25ClN2O2. The Morgan fingerprint density at radius 1 is 1.38 bits per heavy atom. The number of benzene rings is 1. The van der Waals surface area contributed by atoms with Crippen molar-refractivity contribution >= 4 is 17.3 Å². The first kappa shape index (κ1) is 16.4. The monoisotopic (exact) mass is 312 g/mol. The Kier molecular flexibility index (Phi) is 6.61. The lowest BCUT2D eigenvalue weighted by molar-refractivity contribution is 0.160. The molecule has 4 nitrogen and oxygen atoms in total. The van der Waals surface area contributed by atoms with Crippen LogP contribution in [0, 0.1) is 5.92 Å². The van der Waals surface area contributed by atoms with Crippen LogP contribution in [0.25, 0.3) is 0 Å². The molecule has 5 heteroatoms. The number of para-hydroxylation sites is 2. The van der Waals surface area contributed by atoms with Gasteiger partial charge in [0.15, 0.2) is 0 Å². The second kappa shape index (κ2) is 8.47. The number of nitrogens with one attached hydrogen (secondary N) is 1. The fraction of sp³-hybridized carbons (Fsp3) is 0.625. The van der Waals surface area contributed by atoms with E-state index in [2.05, 4.69) is 17.3 Å². The van der Waals surface area contributed by atoms with Crippen molar-refractivity contribution in [3.63, 3.8) is 0 Å². The van der Waals surface area contributed by atoms with Gasteiger partial charge in [-0.15, -0.1) is 11.6 Å². The van der Waals surface area contributed by atoms with Gasteiger partial charge in [0.2, 0.25) is 0 Å². The number of likely N-dealkylation sites (tertiary alicyclic amines) is 1. The summed E-state index contributed by atoms with van der Waals surface area (Å²) >= 11 is 5.61.